The number of amides is 1. The quantitative estimate of drug-likeness (QED) is 0.546. The van der Waals surface area contributed by atoms with E-state index in [1.807, 2.05) is 0 Å². The van der Waals surface area contributed by atoms with Gasteiger partial charge in [-0.3, -0.25) is 4.79 Å². The normalized spacial score (nSPS) is 10.8. The zero-order chi connectivity index (χ0) is 9.61. The van der Waals surface area contributed by atoms with Gasteiger partial charge in [-0.1, -0.05) is 6.08 Å². The van der Waals surface area contributed by atoms with E-state index < -0.39 is 10.0 Å². The standard InChI is InChI=1S/C6H12N2O3S/c1-2-3-6(9)8-4-5-12(7,10)11/h2H,1,3-5H2,(H,8,9)(H2,7,10,11). The van der Waals surface area contributed by atoms with E-state index in [2.05, 4.69) is 11.9 Å². The van der Waals surface area contributed by atoms with Crippen molar-refractivity contribution in [2.24, 2.45) is 5.14 Å². The molecule has 0 bridgehead atoms. The van der Waals surface area contributed by atoms with Gasteiger partial charge in [0.25, 0.3) is 0 Å². The van der Waals surface area contributed by atoms with Gasteiger partial charge in [-0.15, -0.1) is 6.58 Å². The molecule has 0 radical (unpaired) electrons. The van der Waals surface area contributed by atoms with Gasteiger partial charge in [-0.25, -0.2) is 13.6 Å². The Labute approximate surface area is 71.7 Å². The molecular formula is C6H12N2O3S. The van der Waals surface area contributed by atoms with Crippen LogP contribution in [-0.4, -0.2) is 26.6 Å². The van der Waals surface area contributed by atoms with Gasteiger partial charge in [0.1, 0.15) is 0 Å². The molecule has 3 N–H and O–H groups in total. The van der Waals surface area contributed by atoms with Gasteiger partial charge in [0.2, 0.25) is 15.9 Å². The van der Waals surface area contributed by atoms with Gasteiger partial charge in [0, 0.05) is 13.0 Å². The summed E-state index contributed by atoms with van der Waals surface area (Å²) in [5, 5.41) is 7.07. The van der Waals surface area contributed by atoms with Gasteiger partial charge in [0.15, 0.2) is 0 Å². The lowest BCUT2D eigenvalue weighted by molar-refractivity contribution is -0.120. The molecule has 12 heavy (non-hydrogen) atoms. The highest BCUT2D eigenvalue weighted by Gasteiger charge is 2.03. The Kier molecular flexibility index (Phi) is 4.53. The third-order valence-electron chi connectivity index (χ3n) is 1.04. The van der Waals surface area contributed by atoms with Crippen molar-refractivity contribution in [1.82, 2.24) is 5.32 Å². The average molecular weight is 192 g/mol. The lowest BCUT2D eigenvalue weighted by Crippen LogP contribution is -2.30. The van der Waals surface area contributed by atoms with E-state index in [9.17, 15) is 13.2 Å². The Balaban J connectivity index is 3.57. The van der Waals surface area contributed by atoms with Crippen LogP contribution in [0.25, 0.3) is 0 Å². The highest BCUT2D eigenvalue weighted by molar-refractivity contribution is 7.89. The van der Waals surface area contributed by atoms with Crippen LogP contribution in [0.4, 0.5) is 0 Å². The molecule has 0 saturated carbocycles. The van der Waals surface area contributed by atoms with Gasteiger partial charge in [0.05, 0.1) is 5.75 Å². The fourth-order valence-electron chi connectivity index (χ4n) is 0.536. The fraction of sp³-hybridized carbons (Fsp3) is 0.500. The zero-order valence-electron chi connectivity index (χ0n) is 6.62. The van der Waals surface area contributed by atoms with Crippen LogP contribution >= 0.6 is 0 Å². The maximum atomic E-state index is 10.7. The summed E-state index contributed by atoms with van der Waals surface area (Å²) < 4.78 is 20.8. The molecule has 0 aliphatic rings. The SMILES string of the molecule is C=CCC(=O)NCCS(N)(=O)=O. The van der Waals surface area contributed by atoms with Crippen LogP contribution in [0.1, 0.15) is 6.42 Å². The second kappa shape index (κ2) is 4.89. The minimum absolute atomic E-state index is 0.0471. The molecule has 0 fully saturated rings. The maximum Gasteiger partial charge on any atom is 0.223 e. The van der Waals surface area contributed by atoms with Crippen LogP contribution < -0.4 is 10.5 Å². The van der Waals surface area contributed by atoms with E-state index in [1.54, 1.807) is 0 Å². The number of nitrogens with one attached hydrogen (secondary N) is 1. The largest absolute Gasteiger partial charge is 0.355 e. The monoisotopic (exact) mass is 192 g/mol. The molecule has 0 rings (SSSR count). The van der Waals surface area contributed by atoms with E-state index in [4.69, 9.17) is 5.14 Å². The topological polar surface area (TPSA) is 89.3 Å². The minimum atomic E-state index is -3.48. The first kappa shape index (κ1) is 11.1. The molecule has 0 saturated heterocycles. The minimum Gasteiger partial charge on any atom is -0.355 e. The Hall–Kier alpha value is -0.880. The van der Waals surface area contributed by atoms with Crippen molar-refractivity contribution >= 4 is 15.9 Å². The average Bonchev–Trinajstić information content (AvgIpc) is 1.84. The Bertz CT molecular complexity index is 258. The molecule has 0 aromatic carbocycles. The maximum absolute atomic E-state index is 10.7. The Morgan fingerprint density at radius 3 is 2.58 bits per heavy atom. The molecule has 0 aliphatic carbocycles. The van der Waals surface area contributed by atoms with Gasteiger partial charge in [-0.2, -0.15) is 0 Å². The van der Waals surface area contributed by atoms with Crippen LogP contribution in [-0.2, 0) is 14.8 Å². The first-order valence-electron chi connectivity index (χ1n) is 3.34. The molecule has 0 heterocycles. The number of carbonyl (C=O) groups is 1. The summed E-state index contributed by atoms with van der Waals surface area (Å²) in [7, 11) is -3.48. The zero-order valence-corrected chi connectivity index (χ0v) is 7.43. The molecule has 5 nitrogen and oxygen atoms in total. The summed E-state index contributed by atoms with van der Waals surface area (Å²) in [4.78, 5) is 10.7. The summed E-state index contributed by atoms with van der Waals surface area (Å²) in [6.45, 7) is 3.40. The number of hydrogen-bond donors (Lipinski definition) is 2. The van der Waals surface area contributed by atoms with Crippen molar-refractivity contribution in [3.05, 3.63) is 12.7 Å². The van der Waals surface area contributed by atoms with Crippen molar-refractivity contribution in [3.8, 4) is 0 Å². The van der Waals surface area contributed by atoms with Crippen LogP contribution in [0, 0.1) is 0 Å². The number of rotatable bonds is 5. The van der Waals surface area contributed by atoms with Crippen molar-refractivity contribution in [2.75, 3.05) is 12.3 Å². The summed E-state index contributed by atoms with van der Waals surface area (Å²) in [6.07, 6.45) is 1.62. The fourth-order valence-corrected chi connectivity index (χ4v) is 0.923. The van der Waals surface area contributed by atoms with Crippen molar-refractivity contribution < 1.29 is 13.2 Å². The van der Waals surface area contributed by atoms with E-state index in [0.717, 1.165) is 0 Å². The Morgan fingerprint density at radius 1 is 1.58 bits per heavy atom. The van der Waals surface area contributed by atoms with Crippen molar-refractivity contribution in [1.29, 1.82) is 0 Å². The lowest BCUT2D eigenvalue weighted by Gasteiger charge is -2.00. The molecule has 1 amide bonds. The summed E-state index contributed by atoms with van der Waals surface area (Å²) >= 11 is 0. The Morgan fingerprint density at radius 2 is 2.17 bits per heavy atom. The third kappa shape index (κ3) is 7.23. The smallest absolute Gasteiger partial charge is 0.223 e. The molecule has 0 unspecified atom stereocenters. The third-order valence-corrected chi connectivity index (χ3v) is 1.81. The second-order valence-corrected chi connectivity index (χ2v) is 3.94. The molecule has 0 aromatic heterocycles. The molecule has 0 spiro atoms. The van der Waals surface area contributed by atoms with Crippen molar-refractivity contribution in [3.63, 3.8) is 0 Å². The number of sulfonamides is 1. The van der Waals surface area contributed by atoms with E-state index >= 15 is 0 Å². The summed E-state index contributed by atoms with van der Waals surface area (Å²) in [5.41, 5.74) is 0. The van der Waals surface area contributed by atoms with Crippen LogP contribution in [0.3, 0.4) is 0 Å². The molecule has 0 aliphatic heterocycles. The van der Waals surface area contributed by atoms with E-state index in [0.29, 0.717) is 0 Å². The van der Waals surface area contributed by atoms with Crippen LogP contribution in [0.5, 0.6) is 0 Å². The van der Waals surface area contributed by atoms with E-state index in [-0.39, 0.29) is 24.6 Å². The molecule has 70 valence electrons. The number of primary sulfonamides is 1. The van der Waals surface area contributed by atoms with Crippen LogP contribution in [0.2, 0.25) is 0 Å². The lowest BCUT2D eigenvalue weighted by atomic mass is 10.4. The second-order valence-electron chi connectivity index (χ2n) is 2.21. The summed E-state index contributed by atoms with van der Waals surface area (Å²) in [6, 6.07) is 0. The number of hydrogen-bond acceptors (Lipinski definition) is 3. The van der Waals surface area contributed by atoms with Crippen molar-refractivity contribution in [2.45, 2.75) is 6.42 Å². The van der Waals surface area contributed by atoms with Gasteiger partial charge >= 0.3 is 0 Å². The molecule has 6 heteroatoms. The highest BCUT2D eigenvalue weighted by atomic mass is 32.2. The molecular weight excluding hydrogens is 180 g/mol. The summed E-state index contributed by atoms with van der Waals surface area (Å²) in [5.74, 6) is -0.496. The molecule has 0 aromatic rings. The highest BCUT2D eigenvalue weighted by Crippen LogP contribution is 1.80. The predicted octanol–water partition coefficient (Wildman–Crippen LogP) is -1.03. The first-order valence-corrected chi connectivity index (χ1v) is 5.05. The van der Waals surface area contributed by atoms with Gasteiger partial charge in [-0.05, 0) is 0 Å². The molecule has 0 atom stereocenters. The number of carbonyl (C=O) groups excluding carboxylic acids is 1. The van der Waals surface area contributed by atoms with Crippen LogP contribution in [0.15, 0.2) is 12.7 Å². The van der Waals surface area contributed by atoms with Gasteiger partial charge < -0.3 is 5.32 Å². The van der Waals surface area contributed by atoms with E-state index in [1.165, 1.54) is 6.08 Å². The number of nitrogens with two attached hydrogens (primary N) is 1. The predicted molar refractivity (Wildman–Crippen MR) is 45.8 cm³/mol. The first-order chi connectivity index (χ1) is 5.45.